The number of benzene rings is 2. The number of fused-ring (bicyclic) bond motifs is 1. The molecule has 0 amide bonds. The average molecular weight is 288 g/mol. The maximum atomic E-state index is 13.3. The predicted octanol–water partition coefficient (Wildman–Crippen LogP) is 4.14. The molecule has 2 aromatic carbocycles. The third-order valence-electron chi connectivity index (χ3n) is 2.93. The Morgan fingerprint density at radius 2 is 2.05 bits per heavy atom. The van der Waals surface area contributed by atoms with Gasteiger partial charge in [-0.15, -0.1) is 0 Å². The molecule has 0 spiro atoms. The monoisotopic (exact) mass is 288 g/mol. The minimum Gasteiger partial charge on any atom is -0.431 e. The van der Waals surface area contributed by atoms with Crippen LogP contribution in [0.3, 0.4) is 0 Å². The van der Waals surface area contributed by atoms with Gasteiger partial charge in [0.1, 0.15) is 11.3 Å². The summed E-state index contributed by atoms with van der Waals surface area (Å²) in [7, 11) is 0. The molecule has 0 aliphatic rings. The Kier molecular flexibility index (Phi) is 3.46. The van der Waals surface area contributed by atoms with E-state index >= 15 is 0 Å². The molecule has 3 aromatic rings. The maximum Gasteiger partial charge on any atom is 0.261 e. The Morgan fingerprint density at radius 1 is 1.25 bits per heavy atom. The highest BCUT2D eigenvalue weighted by Crippen LogP contribution is 2.34. The van der Waals surface area contributed by atoms with E-state index < -0.39 is 0 Å². The molecule has 1 atom stereocenters. The number of nitrogens with zero attached hydrogens (tertiary/aromatic N) is 1. The van der Waals surface area contributed by atoms with E-state index in [1.165, 1.54) is 23.9 Å². The van der Waals surface area contributed by atoms with Gasteiger partial charge in [0.25, 0.3) is 5.22 Å². The minimum atomic E-state index is -0.292. The van der Waals surface area contributed by atoms with Crippen molar-refractivity contribution in [3.8, 4) is 0 Å². The van der Waals surface area contributed by atoms with Crippen molar-refractivity contribution in [3.05, 3.63) is 53.8 Å². The highest BCUT2D eigenvalue weighted by atomic mass is 32.2. The molecule has 2 N–H and O–H groups in total. The zero-order chi connectivity index (χ0) is 14.1. The average Bonchev–Trinajstić information content (AvgIpc) is 2.82. The Balaban J connectivity index is 1.98. The van der Waals surface area contributed by atoms with Crippen molar-refractivity contribution in [3.63, 3.8) is 0 Å². The van der Waals surface area contributed by atoms with Crippen molar-refractivity contribution < 1.29 is 8.81 Å². The number of halogens is 1. The van der Waals surface area contributed by atoms with Gasteiger partial charge in [0.2, 0.25) is 0 Å². The molecule has 0 aliphatic carbocycles. The smallest absolute Gasteiger partial charge is 0.261 e. The zero-order valence-corrected chi connectivity index (χ0v) is 11.7. The van der Waals surface area contributed by atoms with Crippen LogP contribution in [-0.4, -0.2) is 4.98 Å². The van der Waals surface area contributed by atoms with Crippen LogP contribution in [0.15, 0.2) is 57.0 Å². The number of oxazole rings is 1. The summed E-state index contributed by atoms with van der Waals surface area (Å²) in [6, 6.07) is 11.9. The van der Waals surface area contributed by atoms with Crippen LogP contribution in [-0.2, 0) is 0 Å². The number of hydrogen-bond acceptors (Lipinski definition) is 4. The van der Waals surface area contributed by atoms with Crippen LogP contribution < -0.4 is 5.73 Å². The van der Waals surface area contributed by atoms with Crippen molar-refractivity contribution in [2.24, 2.45) is 5.73 Å². The summed E-state index contributed by atoms with van der Waals surface area (Å²) < 4.78 is 19.0. The highest BCUT2D eigenvalue weighted by molar-refractivity contribution is 7.99. The second-order valence-electron chi connectivity index (χ2n) is 4.52. The SMILES string of the molecule is C[C@H](N)c1cc(F)ccc1Sc1nc2ccccc2o1. The number of hydrogen-bond donors (Lipinski definition) is 1. The fraction of sp³-hybridized carbons (Fsp3) is 0.133. The van der Waals surface area contributed by atoms with Gasteiger partial charge in [0.05, 0.1) is 0 Å². The predicted molar refractivity (Wildman–Crippen MR) is 77.1 cm³/mol. The van der Waals surface area contributed by atoms with E-state index in [2.05, 4.69) is 4.98 Å². The van der Waals surface area contributed by atoms with Gasteiger partial charge < -0.3 is 10.2 Å². The summed E-state index contributed by atoms with van der Waals surface area (Å²) in [5.41, 5.74) is 8.17. The molecule has 0 fully saturated rings. The summed E-state index contributed by atoms with van der Waals surface area (Å²) >= 11 is 1.35. The molecule has 102 valence electrons. The molecule has 0 radical (unpaired) electrons. The van der Waals surface area contributed by atoms with E-state index in [1.54, 1.807) is 6.07 Å². The largest absolute Gasteiger partial charge is 0.431 e. The molecule has 1 heterocycles. The van der Waals surface area contributed by atoms with E-state index in [0.717, 1.165) is 21.6 Å². The lowest BCUT2D eigenvalue weighted by molar-refractivity contribution is 0.489. The maximum absolute atomic E-state index is 13.3. The normalized spacial score (nSPS) is 12.8. The van der Waals surface area contributed by atoms with Gasteiger partial charge in [-0.1, -0.05) is 12.1 Å². The van der Waals surface area contributed by atoms with Crippen LogP contribution in [0.4, 0.5) is 4.39 Å². The first kappa shape index (κ1) is 13.1. The molecule has 0 unspecified atom stereocenters. The van der Waals surface area contributed by atoms with Crippen molar-refractivity contribution in [2.45, 2.75) is 23.1 Å². The fourth-order valence-corrected chi connectivity index (χ4v) is 2.92. The van der Waals surface area contributed by atoms with E-state index in [9.17, 15) is 4.39 Å². The lowest BCUT2D eigenvalue weighted by atomic mass is 10.1. The van der Waals surface area contributed by atoms with Crippen molar-refractivity contribution >= 4 is 22.9 Å². The Morgan fingerprint density at radius 3 is 2.80 bits per heavy atom. The van der Waals surface area contributed by atoms with Crippen molar-refractivity contribution in [1.82, 2.24) is 4.98 Å². The number of para-hydroxylation sites is 2. The summed E-state index contributed by atoms with van der Waals surface area (Å²) in [6.45, 7) is 1.82. The van der Waals surface area contributed by atoms with E-state index in [4.69, 9.17) is 10.2 Å². The summed E-state index contributed by atoms with van der Waals surface area (Å²) in [5.74, 6) is -0.292. The van der Waals surface area contributed by atoms with E-state index in [-0.39, 0.29) is 11.9 Å². The van der Waals surface area contributed by atoms with Gasteiger partial charge >= 0.3 is 0 Å². The summed E-state index contributed by atoms with van der Waals surface area (Å²) in [4.78, 5) is 5.25. The van der Waals surface area contributed by atoms with Crippen LogP contribution in [0.25, 0.3) is 11.1 Å². The van der Waals surface area contributed by atoms with Crippen LogP contribution in [0, 0.1) is 5.82 Å². The standard InChI is InChI=1S/C15H13FN2OS/c1-9(17)11-8-10(16)6-7-14(11)20-15-18-12-4-2-3-5-13(12)19-15/h2-9H,17H2,1H3/t9-/m0/s1. The molecular weight excluding hydrogens is 275 g/mol. The Labute approximate surface area is 120 Å². The molecule has 3 rings (SSSR count). The number of nitrogens with two attached hydrogens (primary N) is 1. The first-order valence-corrected chi connectivity index (χ1v) is 7.03. The topological polar surface area (TPSA) is 52.0 Å². The molecule has 20 heavy (non-hydrogen) atoms. The second kappa shape index (κ2) is 5.26. The third-order valence-corrected chi connectivity index (χ3v) is 3.87. The number of rotatable bonds is 3. The van der Waals surface area contributed by atoms with Crippen molar-refractivity contribution in [1.29, 1.82) is 0 Å². The van der Waals surface area contributed by atoms with Gasteiger partial charge in [-0.3, -0.25) is 0 Å². The molecule has 0 saturated carbocycles. The Bertz CT molecular complexity index is 721. The molecule has 3 nitrogen and oxygen atoms in total. The molecular formula is C15H13FN2OS. The van der Waals surface area contributed by atoms with E-state index in [0.29, 0.717) is 5.22 Å². The van der Waals surface area contributed by atoms with Crippen LogP contribution in [0.1, 0.15) is 18.5 Å². The van der Waals surface area contributed by atoms with Crippen LogP contribution >= 0.6 is 11.8 Å². The molecule has 0 saturated heterocycles. The summed E-state index contributed by atoms with van der Waals surface area (Å²) in [5, 5.41) is 0.528. The van der Waals surface area contributed by atoms with Crippen LogP contribution in [0.2, 0.25) is 0 Å². The first-order chi connectivity index (χ1) is 9.63. The quantitative estimate of drug-likeness (QED) is 0.787. The lowest BCUT2D eigenvalue weighted by Crippen LogP contribution is -2.06. The first-order valence-electron chi connectivity index (χ1n) is 6.22. The number of aromatic nitrogens is 1. The van der Waals surface area contributed by atoms with Gasteiger partial charge in [-0.2, -0.15) is 0 Å². The minimum absolute atomic E-state index is 0.252. The van der Waals surface area contributed by atoms with Crippen molar-refractivity contribution in [2.75, 3.05) is 0 Å². The molecule has 0 bridgehead atoms. The zero-order valence-electron chi connectivity index (χ0n) is 10.8. The fourth-order valence-electron chi connectivity index (χ4n) is 1.96. The van der Waals surface area contributed by atoms with E-state index in [1.807, 2.05) is 31.2 Å². The highest BCUT2D eigenvalue weighted by Gasteiger charge is 2.13. The lowest BCUT2D eigenvalue weighted by Gasteiger charge is -2.10. The molecule has 1 aromatic heterocycles. The van der Waals surface area contributed by atoms with Crippen LogP contribution in [0.5, 0.6) is 0 Å². The van der Waals surface area contributed by atoms with Gasteiger partial charge in [-0.05, 0) is 54.6 Å². The second-order valence-corrected chi connectivity index (χ2v) is 5.51. The molecule has 0 aliphatic heterocycles. The third kappa shape index (κ3) is 2.55. The molecule has 5 heteroatoms. The van der Waals surface area contributed by atoms with Gasteiger partial charge in [0, 0.05) is 10.9 Å². The van der Waals surface area contributed by atoms with Gasteiger partial charge in [-0.25, -0.2) is 9.37 Å². The Hall–Kier alpha value is -1.85. The summed E-state index contributed by atoms with van der Waals surface area (Å²) in [6.07, 6.45) is 0. The van der Waals surface area contributed by atoms with Gasteiger partial charge in [0.15, 0.2) is 5.58 Å².